The van der Waals surface area contributed by atoms with Gasteiger partial charge in [-0.2, -0.15) is 11.8 Å². The van der Waals surface area contributed by atoms with Gasteiger partial charge in [0.05, 0.1) is 6.61 Å². The van der Waals surface area contributed by atoms with Gasteiger partial charge in [-0.1, -0.05) is 13.8 Å². The number of hydrogen-bond donors (Lipinski definition) is 1. The summed E-state index contributed by atoms with van der Waals surface area (Å²) >= 11 is 2.09. The Labute approximate surface area is 117 Å². The van der Waals surface area contributed by atoms with Crippen molar-refractivity contribution in [1.29, 1.82) is 0 Å². The topological polar surface area (TPSA) is 24.5 Å². The molecule has 1 aliphatic rings. The minimum Gasteiger partial charge on any atom is -0.383 e. The standard InChI is InChI=1S/C14H30N2OS/c1-4-14(5-2)16(9-10-17-3)8-6-13-12-18-11-7-15-13/h13-15H,4-12H2,1-3H3. The highest BCUT2D eigenvalue weighted by Crippen LogP contribution is 2.14. The Morgan fingerprint density at radius 1 is 1.33 bits per heavy atom. The molecule has 1 unspecified atom stereocenters. The third kappa shape index (κ3) is 5.91. The van der Waals surface area contributed by atoms with Crippen molar-refractivity contribution in [3.63, 3.8) is 0 Å². The Morgan fingerprint density at radius 2 is 2.11 bits per heavy atom. The van der Waals surface area contributed by atoms with E-state index in [2.05, 4.69) is 35.8 Å². The van der Waals surface area contributed by atoms with Gasteiger partial charge >= 0.3 is 0 Å². The van der Waals surface area contributed by atoms with Gasteiger partial charge in [0.15, 0.2) is 0 Å². The van der Waals surface area contributed by atoms with Crippen LogP contribution in [0.2, 0.25) is 0 Å². The first-order chi connectivity index (χ1) is 8.81. The highest BCUT2D eigenvalue weighted by molar-refractivity contribution is 7.99. The number of ether oxygens (including phenoxy) is 1. The smallest absolute Gasteiger partial charge is 0.0589 e. The van der Waals surface area contributed by atoms with E-state index in [9.17, 15) is 0 Å². The first-order valence-electron chi connectivity index (χ1n) is 7.35. The third-order valence-corrected chi connectivity index (χ3v) is 4.94. The van der Waals surface area contributed by atoms with Gasteiger partial charge < -0.3 is 10.1 Å². The normalized spacial score (nSPS) is 20.8. The van der Waals surface area contributed by atoms with E-state index in [4.69, 9.17) is 4.74 Å². The lowest BCUT2D eigenvalue weighted by Crippen LogP contribution is -2.43. The third-order valence-electron chi connectivity index (χ3n) is 3.80. The molecule has 1 atom stereocenters. The first kappa shape index (κ1) is 16.3. The summed E-state index contributed by atoms with van der Waals surface area (Å²) in [5.41, 5.74) is 0. The maximum atomic E-state index is 5.24. The molecular weight excluding hydrogens is 244 g/mol. The average molecular weight is 274 g/mol. The van der Waals surface area contributed by atoms with Crippen LogP contribution < -0.4 is 5.32 Å². The summed E-state index contributed by atoms with van der Waals surface area (Å²) in [5.74, 6) is 2.55. The van der Waals surface area contributed by atoms with Crippen LogP contribution >= 0.6 is 11.8 Å². The van der Waals surface area contributed by atoms with Crippen LogP contribution in [-0.4, -0.2) is 61.8 Å². The van der Waals surface area contributed by atoms with Crippen LogP contribution in [0.3, 0.4) is 0 Å². The molecule has 1 N–H and O–H groups in total. The zero-order valence-electron chi connectivity index (χ0n) is 12.3. The van der Waals surface area contributed by atoms with Gasteiger partial charge in [-0.3, -0.25) is 4.90 Å². The summed E-state index contributed by atoms with van der Waals surface area (Å²) in [4.78, 5) is 2.62. The molecule has 0 amide bonds. The maximum absolute atomic E-state index is 5.24. The molecule has 0 aromatic heterocycles. The molecule has 1 rings (SSSR count). The van der Waals surface area contributed by atoms with E-state index in [1.165, 1.54) is 43.9 Å². The van der Waals surface area contributed by atoms with Crippen LogP contribution in [0.25, 0.3) is 0 Å². The molecule has 1 heterocycles. The summed E-state index contributed by atoms with van der Waals surface area (Å²) in [7, 11) is 1.80. The number of thioether (sulfide) groups is 1. The number of rotatable bonds is 9. The van der Waals surface area contributed by atoms with Gasteiger partial charge in [0.2, 0.25) is 0 Å². The molecule has 0 aromatic carbocycles. The summed E-state index contributed by atoms with van der Waals surface area (Å²) in [6, 6.07) is 1.43. The number of nitrogens with zero attached hydrogens (tertiary/aromatic N) is 1. The summed E-state index contributed by atoms with van der Waals surface area (Å²) in [5, 5.41) is 3.63. The molecule has 3 nitrogen and oxygen atoms in total. The summed E-state index contributed by atoms with van der Waals surface area (Å²) in [6.45, 7) is 8.89. The van der Waals surface area contributed by atoms with Gasteiger partial charge in [0.1, 0.15) is 0 Å². The Kier molecular flexibility index (Phi) is 9.11. The molecule has 1 saturated heterocycles. The highest BCUT2D eigenvalue weighted by Gasteiger charge is 2.18. The van der Waals surface area contributed by atoms with Crippen molar-refractivity contribution in [2.75, 3.05) is 44.9 Å². The van der Waals surface area contributed by atoms with Gasteiger partial charge in [-0.15, -0.1) is 0 Å². The largest absolute Gasteiger partial charge is 0.383 e. The van der Waals surface area contributed by atoms with Crippen molar-refractivity contribution in [1.82, 2.24) is 10.2 Å². The molecular formula is C14H30N2OS. The van der Waals surface area contributed by atoms with Crippen LogP contribution in [0.1, 0.15) is 33.1 Å². The Bertz CT molecular complexity index is 194. The van der Waals surface area contributed by atoms with Gasteiger partial charge in [-0.25, -0.2) is 0 Å². The van der Waals surface area contributed by atoms with E-state index in [0.29, 0.717) is 6.04 Å². The second-order valence-electron chi connectivity index (χ2n) is 5.01. The molecule has 0 radical (unpaired) electrons. The Balaban J connectivity index is 2.33. The molecule has 1 aliphatic heterocycles. The Hall–Kier alpha value is 0.230. The van der Waals surface area contributed by atoms with E-state index < -0.39 is 0 Å². The lowest BCUT2D eigenvalue weighted by molar-refractivity contribution is 0.112. The van der Waals surface area contributed by atoms with Crippen LogP contribution in [0.15, 0.2) is 0 Å². The lowest BCUT2D eigenvalue weighted by atomic mass is 10.1. The highest BCUT2D eigenvalue weighted by atomic mass is 32.2. The fraction of sp³-hybridized carbons (Fsp3) is 1.00. The fourth-order valence-corrected chi connectivity index (χ4v) is 3.62. The second-order valence-corrected chi connectivity index (χ2v) is 6.16. The van der Waals surface area contributed by atoms with Crippen LogP contribution in [-0.2, 0) is 4.74 Å². The molecule has 0 aliphatic carbocycles. The molecule has 0 bridgehead atoms. The molecule has 4 heteroatoms. The minimum atomic E-state index is 0.711. The van der Waals surface area contributed by atoms with Crippen molar-refractivity contribution in [3.05, 3.63) is 0 Å². The van der Waals surface area contributed by atoms with Crippen molar-refractivity contribution in [2.45, 2.75) is 45.2 Å². The molecule has 108 valence electrons. The zero-order valence-corrected chi connectivity index (χ0v) is 13.1. The van der Waals surface area contributed by atoms with Crippen molar-refractivity contribution < 1.29 is 4.74 Å². The molecule has 0 saturated carbocycles. The molecule has 0 aromatic rings. The number of methoxy groups -OCH3 is 1. The first-order valence-corrected chi connectivity index (χ1v) is 8.51. The summed E-state index contributed by atoms with van der Waals surface area (Å²) < 4.78 is 5.24. The van der Waals surface area contributed by atoms with Gasteiger partial charge in [0, 0.05) is 50.3 Å². The van der Waals surface area contributed by atoms with Gasteiger partial charge in [0.25, 0.3) is 0 Å². The molecule has 18 heavy (non-hydrogen) atoms. The molecule has 0 spiro atoms. The fourth-order valence-electron chi connectivity index (χ4n) is 2.62. The SMILES string of the molecule is CCC(CC)N(CCOC)CCC1CSCCN1. The predicted molar refractivity (Wildman–Crippen MR) is 81.6 cm³/mol. The van der Waals surface area contributed by atoms with Crippen LogP contribution in [0, 0.1) is 0 Å². The van der Waals surface area contributed by atoms with E-state index in [1.54, 1.807) is 7.11 Å². The Morgan fingerprint density at radius 3 is 2.67 bits per heavy atom. The van der Waals surface area contributed by atoms with Crippen molar-refractivity contribution >= 4 is 11.8 Å². The van der Waals surface area contributed by atoms with E-state index in [-0.39, 0.29) is 0 Å². The van der Waals surface area contributed by atoms with Crippen LogP contribution in [0.5, 0.6) is 0 Å². The second kappa shape index (κ2) is 10.1. The lowest BCUT2D eigenvalue weighted by Gasteiger charge is -2.32. The van der Waals surface area contributed by atoms with E-state index in [1.807, 2.05) is 0 Å². The van der Waals surface area contributed by atoms with Crippen molar-refractivity contribution in [3.8, 4) is 0 Å². The van der Waals surface area contributed by atoms with E-state index in [0.717, 1.165) is 19.2 Å². The molecule has 1 fully saturated rings. The zero-order chi connectivity index (χ0) is 13.2. The van der Waals surface area contributed by atoms with E-state index >= 15 is 0 Å². The number of nitrogens with one attached hydrogen (secondary N) is 1. The predicted octanol–water partition coefficient (Wildman–Crippen LogP) is 2.22. The average Bonchev–Trinajstić information content (AvgIpc) is 2.43. The minimum absolute atomic E-state index is 0.711. The summed E-state index contributed by atoms with van der Waals surface area (Å²) in [6.07, 6.45) is 3.76. The number of hydrogen-bond acceptors (Lipinski definition) is 4. The van der Waals surface area contributed by atoms with Crippen LogP contribution in [0.4, 0.5) is 0 Å². The van der Waals surface area contributed by atoms with Crippen molar-refractivity contribution in [2.24, 2.45) is 0 Å². The quantitative estimate of drug-likeness (QED) is 0.697. The maximum Gasteiger partial charge on any atom is 0.0589 e. The van der Waals surface area contributed by atoms with Gasteiger partial charge in [-0.05, 0) is 19.3 Å². The monoisotopic (exact) mass is 274 g/mol.